The highest BCUT2D eigenvalue weighted by Crippen LogP contribution is 2.43. The molecule has 1 atom stereocenters. The first-order valence-corrected chi connectivity index (χ1v) is 8.81. The van der Waals surface area contributed by atoms with E-state index in [0.717, 1.165) is 0 Å². The summed E-state index contributed by atoms with van der Waals surface area (Å²) < 4.78 is 40.8. The van der Waals surface area contributed by atoms with E-state index in [9.17, 15) is 18.3 Å². The molecule has 0 spiro atoms. The SMILES string of the molecule is CC(C)(C)C(O)(c1cncnc1)c1ccc(-c2ccc(OC(F)(F)F)cc2)cn1. The van der Waals surface area contributed by atoms with Crippen LogP contribution in [0.3, 0.4) is 0 Å². The van der Waals surface area contributed by atoms with Crippen molar-refractivity contribution in [3.63, 3.8) is 0 Å². The highest BCUT2D eigenvalue weighted by atomic mass is 19.4. The predicted molar refractivity (Wildman–Crippen MR) is 101 cm³/mol. The molecular weight excluding hydrogens is 383 g/mol. The first-order chi connectivity index (χ1) is 13.5. The van der Waals surface area contributed by atoms with E-state index in [1.165, 1.54) is 30.6 Å². The number of aromatic nitrogens is 3. The van der Waals surface area contributed by atoms with Crippen LogP contribution in [0.15, 0.2) is 61.3 Å². The Kier molecular flexibility index (Phi) is 5.32. The summed E-state index contributed by atoms with van der Waals surface area (Å²) in [5, 5.41) is 11.5. The van der Waals surface area contributed by atoms with Gasteiger partial charge < -0.3 is 9.84 Å². The summed E-state index contributed by atoms with van der Waals surface area (Å²) >= 11 is 0. The minimum atomic E-state index is -4.73. The third-order valence-electron chi connectivity index (χ3n) is 4.62. The molecule has 29 heavy (non-hydrogen) atoms. The fourth-order valence-corrected chi connectivity index (χ4v) is 3.08. The van der Waals surface area contributed by atoms with Crippen molar-refractivity contribution in [1.29, 1.82) is 0 Å². The van der Waals surface area contributed by atoms with Crippen LogP contribution in [0.2, 0.25) is 0 Å². The predicted octanol–water partition coefficient (Wildman–Crippen LogP) is 4.72. The molecule has 1 N–H and O–H groups in total. The molecular formula is C21H20F3N3O2. The molecule has 5 nitrogen and oxygen atoms in total. The monoisotopic (exact) mass is 403 g/mol. The van der Waals surface area contributed by atoms with E-state index < -0.39 is 17.4 Å². The summed E-state index contributed by atoms with van der Waals surface area (Å²) in [6, 6.07) is 8.95. The number of hydrogen-bond acceptors (Lipinski definition) is 5. The Morgan fingerprint density at radius 3 is 1.90 bits per heavy atom. The molecule has 0 aliphatic rings. The molecule has 0 amide bonds. The van der Waals surface area contributed by atoms with Gasteiger partial charge in [0.25, 0.3) is 0 Å². The third-order valence-corrected chi connectivity index (χ3v) is 4.62. The molecule has 0 fully saturated rings. The summed E-state index contributed by atoms with van der Waals surface area (Å²) in [6.07, 6.45) is 1.31. The average Bonchev–Trinajstić information content (AvgIpc) is 2.67. The highest BCUT2D eigenvalue weighted by Gasteiger charge is 2.45. The second-order valence-corrected chi connectivity index (χ2v) is 7.59. The summed E-state index contributed by atoms with van der Waals surface area (Å²) in [5.41, 5.74) is 0.246. The molecule has 152 valence electrons. The van der Waals surface area contributed by atoms with Crippen LogP contribution in [0.25, 0.3) is 11.1 Å². The fourth-order valence-electron chi connectivity index (χ4n) is 3.08. The van der Waals surface area contributed by atoms with Crippen molar-refractivity contribution in [2.75, 3.05) is 0 Å². The van der Waals surface area contributed by atoms with Crippen molar-refractivity contribution in [2.45, 2.75) is 32.7 Å². The van der Waals surface area contributed by atoms with Crippen molar-refractivity contribution in [3.05, 3.63) is 72.6 Å². The van der Waals surface area contributed by atoms with Gasteiger partial charge in [0.15, 0.2) is 0 Å². The number of hydrogen-bond donors (Lipinski definition) is 1. The van der Waals surface area contributed by atoms with Crippen LogP contribution in [-0.4, -0.2) is 26.4 Å². The Bertz CT molecular complexity index is 954. The van der Waals surface area contributed by atoms with Crippen LogP contribution in [0.4, 0.5) is 13.2 Å². The number of halogens is 3. The third kappa shape index (κ3) is 4.37. The van der Waals surface area contributed by atoms with Gasteiger partial charge in [-0.1, -0.05) is 39.0 Å². The van der Waals surface area contributed by atoms with Crippen LogP contribution in [0.1, 0.15) is 32.0 Å². The fraction of sp³-hybridized carbons (Fsp3) is 0.286. The molecule has 3 aromatic rings. The summed E-state index contributed by atoms with van der Waals surface area (Å²) in [7, 11) is 0. The topological polar surface area (TPSA) is 68.1 Å². The van der Waals surface area contributed by atoms with Crippen LogP contribution in [0.5, 0.6) is 5.75 Å². The second-order valence-electron chi connectivity index (χ2n) is 7.59. The zero-order valence-electron chi connectivity index (χ0n) is 16.1. The number of alkyl halides is 3. The molecule has 2 heterocycles. The van der Waals surface area contributed by atoms with Gasteiger partial charge in [-0.05, 0) is 23.8 Å². The van der Waals surface area contributed by atoms with Gasteiger partial charge in [0.05, 0.1) is 5.69 Å². The average molecular weight is 403 g/mol. The lowest BCUT2D eigenvalue weighted by atomic mass is 9.70. The normalized spacial score (nSPS) is 14.3. The molecule has 0 radical (unpaired) electrons. The summed E-state index contributed by atoms with van der Waals surface area (Å²) in [4.78, 5) is 12.4. The smallest absolute Gasteiger partial charge is 0.406 e. The molecule has 1 unspecified atom stereocenters. The lowest BCUT2D eigenvalue weighted by Crippen LogP contribution is -2.42. The van der Waals surface area contributed by atoms with Gasteiger partial charge in [0, 0.05) is 35.1 Å². The molecule has 3 rings (SSSR count). The first kappa shape index (κ1) is 20.7. The van der Waals surface area contributed by atoms with Gasteiger partial charge in [-0.2, -0.15) is 0 Å². The summed E-state index contributed by atoms with van der Waals surface area (Å²) in [5.74, 6) is -0.294. The van der Waals surface area contributed by atoms with Crippen molar-refractivity contribution >= 4 is 0 Å². The van der Waals surface area contributed by atoms with Crippen molar-refractivity contribution in [1.82, 2.24) is 15.0 Å². The van der Waals surface area contributed by atoms with E-state index >= 15 is 0 Å². The Balaban J connectivity index is 1.93. The number of rotatable bonds is 4. The standard InChI is InChI=1S/C21H20F3N3O2/c1-19(2,3)20(28,16-11-25-13-26-12-16)18-9-6-15(10-27-18)14-4-7-17(8-5-14)29-21(22,23)24/h4-13,28H,1-3H3. The minimum absolute atomic E-state index is 0.294. The summed E-state index contributed by atoms with van der Waals surface area (Å²) in [6.45, 7) is 5.65. The lowest BCUT2D eigenvalue weighted by Gasteiger charge is -2.39. The molecule has 0 bridgehead atoms. The van der Waals surface area contributed by atoms with Crippen molar-refractivity contribution in [3.8, 4) is 16.9 Å². The van der Waals surface area contributed by atoms with Gasteiger partial charge in [-0.15, -0.1) is 13.2 Å². The number of nitrogens with zero attached hydrogens (tertiary/aromatic N) is 3. The number of ether oxygens (including phenoxy) is 1. The number of aliphatic hydroxyl groups is 1. The Morgan fingerprint density at radius 1 is 0.828 bits per heavy atom. The lowest BCUT2D eigenvalue weighted by molar-refractivity contribution is -0.274. The largest absolute Gasteiger partial charge is 0.573 e. The molecule has 2 aromatic heterocycles. The van der Waals surface area contributed by atoms with Gasteiger partial charge in [-0.3, -0.25) is 4.98 Å². The Labute approximate surface area is 166 Å². The maximum atomic E-state index is 12.3. The zero-order chi connectivity index (χ0) is 21.3. The molecule has 0 aliphatic carbocycles. The quantitative estimate of drug-likeness (QED) is 0.683. The minimum Gasteiger partial charge on any atom is -0.406 e. The van der Waals surface area contributed by atoms with Crippen LogP contribution in [-0.2, 0) is 5.60 Å². The van der Waals surface area contributed by atoms with Crippen LogP contribution in [0, 0.1) is 5.41 Å². The number of benzene rings is 1. The van der Waals surface area contributed by atoms with Crippen LogP contribution >= 0.6 is 0 Å². The van der Waals surface area contributed by atoms with E-state index in [0.29, 0.717) is 22.4 Å². The van der Waals surface area contributed by atoms with Gasteiger partial charge in [0.2, 0.25) is 0 Å². The number of pyridine rings is 1. The van der Waals surface area contributed by atoms with Gasteiger partial charge >= 0.3 is 6.36 Å². The Morgan fingerprint density at radius 2 is 1.41 bits per heavy atom. The second kappa shape index (κ2) is 7.44. The molecule has 1 aromatic carbocycles. The maximum absolute atomic E-state index is 12.3. The molecule has 0 saturated heterocycles. The first-order valence-electron chi connectivity index (χ1n) is 8.81. The Hall–Kier alpha value is -3.00. The van der Waals surface area contributed by atoms with Crippen LogP contribution < -0.4 is 4.74 Å². The van der Waals surface area contributed by atoms with E-state index in [4.69, 9.17) is 0 Å². The van der Waals surface area contributed by atoms with E-state index in [1.807, 2.05) is 20.8 Å². The van der Waals surface area contributed by atoms with Gasteiger partial charge in [0.1, 0.15) is 17.7 Å². The van der Waals surface area contributed by atoms with Crippen molar-refractivity contribution < 1.29 is 23.0 Å². The zero-order valence-corrected chi connectivity index (χ0v) is 16.1. The van der Waals surface area contributed by atoms with Crippen molar-refractivity contribution in [2.24, 2.45) is 5.41 Å². The van der Waals surface area contributed by atoms with E-state index in [-0.39, 0.29) is 5.75 Å². The maximum Gasteiger partial charge on any atom is 0.573 e. The molecule has 0 aliphatic heterocycles. The van der Waals surface area contributed by atoms with E-state index in [1.54, 1.807) is 30.7 Å². The van der Waals surface area contributed by atoms with Gasteiger partial charge in [-0.25, -0.2) is 9.97 Å². The molecule has 0 saturated carbocycles. The highest BCUT2D eigenvalue weighted by molar-refractivity contribution is 5.63. The molecule has 8 heteroatoms. The van der Waals surface area contributed by atoms with E-state index in [2.05, 4.69) is 19.7 Å².